The smallest absolute Gasteiger partial charge is 0.344 e. The van der Waals surface area contributed by atoms with Crippen LogP contribution in [0.25, 0.3) is 6.08 Å². The number of rotatable bonds is 2. The molecule has 0 amide bonds. The quantitative estimate of drug-likeness (QED) is 0.765. The first kappa shape index (κ1) is 10.3. The number of hydrogen-bond donors (Lipinski definition) is 0. The van der Waals surface area contributed by atoms with Crippen LogP contribution >= 0.6 is 27.8 Å². The van der Waals surface area contributed by atoms with Gasteiger partial charge >= 0.3 is 5.97 Å². The molecule has 0 aromatic heterocycles. The average Bonchev–Trinajstić information content (AvgIpc) is 2.14. The highest BCUT2D eigenvalue weighted by Crippen LogP contribution is 2.12. The van der Waals surface area contributed by atoms with Crippen LogP contribution in [0.15, 0.2) is 34.8 Å². The highest BCUT2D eigenvalue weighted by Gasteiger charge is 1.93. The van der Waals surface area contributed by atoms with Crippen molar-refractivity contribution in [2.24, 2.45) is 0 Å². The summed E-state index contributed by atoms with van der Waals surface area (Å²) in [6.07, 6.45) is 2.88. The van der Waals surface area contributed by atoms with Gasteiger partial charge in [0.2, 0.25) is 0 Å². The molecule has 0 fully saturated rings. The molecule has 0 radical (unpaired) electrons. The summed E-state index contributed by atoms with van der Waals surface area (Å²) in [6, 6.07) is 7.51. The third-order valence-electron chi connectivity index (χ3n) is 1.34. The number of benzene rings is 1. The van der Waals surface area contributed by atoms with Crippen LogP contribution in [-0.4, -0.2) is 5.97 Å². The van der Waals surface area contributed by atoms with Crippen molar-refractivity contribution in [1.82, 2.24) is 0 Å². The molecule has 1 rings (SSSR count). The van der Waals surface area contributed by atoms with Gasteiger partial charge in [-0.25, -0.2) is 4.79 Å². The summed E-state index contributed by atoms with van der Waals surface area (Å²) in [4.78, 5) is 10.6. The first-order valence-corrected chi connectivity index (χ1v) is 4.59. The van der Waals surface area contributed by atoms with Crippen molar-refractivity contribution >= 4 is 39.8 Å². The van der Waals surface area contributed by atoms with Crippen LogP contribution in [0.3, 0.4) is 0 Å². The van der Waals surface area contributed by atoms with Gasteiger partial charge in [-0.2, -0.15) is 0 Å². The summed E-state index contributed by atoms with van der Waals surface area (Å²) in [7, 11) is 0. The van der Waals surface area contributed by atoms with Crippen molar-refractivity contribution in [3.05, 3.63) is 40.4 Å². The molecule has 13 heavy (non-hydrogen) atoms. The molecule has 0 saturated carbocycles. The van der Waals surface area contributed by atoms with Gasteiger partial charge in [0.1, 0.15) is 11.9 Å². The Kier molecular flexibility index (Phi) is 3.99. The molecule has 0 N–H and O–H groups in total. The van der Waals surface area contributed by atoms with E-state index in [9.17, 15) is 4.79 Å². The molecule has 0 atom stereocenters. The second kappa shape index (κ2) is 5.04. The van der Waals surface area contributed by atoms with Crippen molar-refractivity contribution in [2.75, 3.05) is 0 Å². The molecule has 0 aliphatic rings. The number of carbonyl (C=O) groups is 1. The predicted octanol–water partition coefficient (Wildman–Crippen LogP) is 3.16. The van der Waals surface area contributed by atoms with Gasteiger partial charge in [-0.1, -0.05) is 28.1 Å². The third-order valence-corrected chi connectivity index (χ3v) is 1.98. The zero-order chi connectivity index (χ0) is 9.68. The van der Waals surface area contributed by atoms with E-state index < -0.39 is 5.97 Å². The van der Waals surface area contributed by atoms with Crippen LogP contribution in [0.4, 0.5) is 0 Å². The van der Waals surface area contributed by atoms with E-state index in [-0.39, 0.29) is 0 Å². The molecule has 1 aromatic carbocycles. The van der Waals surface area contributed by atoms with E-state index in [0.29, 0.717) is 0 Å². The van der Waals surface area contributed by atoms with Crippen LogP contribution in [0.2, 0.25) is 0 Å². The fourth-order valence-corrected chi connectivity index (χ4v) is 1.27. The summed E-state index contributed by atoms with van der Waals surface area (Å²) < 4.78 is 4.89. The Bertz CT molecular complexity index is 336. The van der Waals surface area contributed by atoms with E-state index in [2.05, 4.69) is 20.2 Å². The molecule has 0 saturated heterocycles. The van der Waals surface area contributed by atoms with Gasteiger partial charge < -0.3 is 4.29 Å². The molecule has 0 aliphatic carbocycles. The Morgan fingerprint density at radius 3 is 2.92 bits per heavy atom. The maximum Gasteiger partial charge on any atom is 0.349 e. The van der Waals surface area contributed by atoms with E-state index in [1.807, 2.05) is 24.3 Å². The van der Waals surface area contributed by atoms with Crippen LogP contribution in [0.1, 0.15) is 5.56 Å². The Morgan fingerprint density at radius 2 is 2.31 bits per heavy atom. The summed E-state index contributed by atoms with van der Waals surface area (Å²) in [5.74, 6) is -0.582. The summed E-state index contributed by atoms with van der Waals surface area (Å²) in [5.41, 5.74) is 0.899. The minimum absolute atomic E-state index is 0.582. The zero-order valence-corrected chi connectivity index (χ0v) is 8.88. The maximum atomic E-state index is 10.6. The van der Waals surface area contributed by atoms with E-state index in [0.717, 1.165) is 10.0 Å². The van der Waals surface area contributed by atoms with Crippen LogP contribution in [0, 0.1) is 0 Å². The van der Waals surface area contributed by atoms with Crippen LogP contribution in [0.5, 0.6) is 0 Å². The minimum Gasteiger partial charge on any atom is -0.344 e. The van der Waals surface area contributed by atoms with E-state index in [1.165, 1.54) is 6.08 Å². The predicted molar refractivity (Wildman–Crippen MR) is 55.1 cm³/mol. The highest BCUT2D eigenvalue weighted by atomic mass is 79.9. The largest absolute Gasteiger partial charge is 0.349 e. The molecular formula is C9H6BrClO2. The molecule has 0 bridgehead atoms. The molecular weight excluding hydrogens is 255 g/mol. The van der Waals surface area contributed by atoms with E-state index in [4.69, 9.17) is 11.9 Å². The Hall–Kier alpha value is -0.800. The number of hydrogen-bond acceptors (Lipinski definition) is 2. The van der Waals surface area contributed by atoms with Gasteiger partial charge in [-0.05, 0) is 23.8 Å². The van der Waals surface area contributed by atoms with Crippen molar-refractivity contribution in [3.8, 4) is 0 Å². The summed E-state index contributed by atoms with van der Waals surface area (Å²) in [6.45, 7) is 0. The van der Waals surface area contributed by atoms with Gasteiger partial charge in [0.15, 0.2) is 0 Å². The SMILES string of the molecule is O=C(/C=C/c1cccc(Br)c1)OCl. The van der Waals surface area contributed by atoms with Crippen LogP contribution in [-0.2, 0) is 9.08 Å². The molecule has 0 aliphatic heterocycles. The third kappa shape index (κ3) is 3.61. The summed E-state index contributed by atoms with van der Waals surface area (Å²) >= 11 is 8.15. The lowest BCUT2D eigenvalue weighted by molar-refractivity contribution is -0.128. The van der Waals surface area contributed by atoms with Gasteiger partial charge in [0.25, 0.3) is 0 Å². The zero-order valence-electron chi connectivity index (χ0n) is 6.54. The van der Waals surface area contributed by atoms with Crippen molar-refractivity contribution in [1.29, 1.82) is 0 Å². The van der Waals surface area contributed by atoms with E-state index in [1.54, 1.807) is 6.08 Å². The lowest BCUT2D eigenvalue weighted by Crippen LogP contribution is -1.88. The Balaban J connectivity index is 2.74. The van der Waals surface area contributed by atoms with Crippen molar-refractivity contribution in [2.45, 2.75) is 0 Å². The first-order chi connectivity index (χ1) is 6.22. The summed E-state index contributed by atoms with van der Waals surface area (Å²) in [5, 5.41) is 0. The normalized spacial score (nSPS) is 10.3. The van der Waals surface area contributed by atoms with Gasteiger partial charge in [0, 0.05) is 10.5 Å². The van der Waals surface area contributed by atoms with Gasteiger partial charge in [-0.3, -0.25) is 0 Å². The van der Waals surface area contributed by atoms with Crippen LogP contribution < -0.4 is 0 Å². The monoisotopic (exact) mass is 260 g/mol. The van der Waals surface area contributed by atoms with E-state index >= 15 is 0 Å². The molecule has 0 heterocycles. The Morgan fingerprint density at radius 1 is 1.54 bits per heavy atom. The minimum atomic E-state index is -0.582. The maximum absolute atomic E-state index is 10.6. The van der Waals surface area contributed by atoms with Gasteiger partial charge in [-0.15, -0.1) is 0 Å². The van der Waals surface area contributed by atoms with Gasteiger partial charge in [0.05, 0.1) is 0 Å². The second-order valence-electron chi connectivity index (χ2n) is 2.28. The standard InChI is InChI=1S/C9H6BrClO2/c10-8-3-1-2-7(6-8)4-5-9(12)13-11/h1-6H/b5-4+. The lowest BCUT2D eigenvalue weighted by atomic mass is 10.2. The fourth-order valence-electron chi connectivity index (χ4n) is 0.800. The topological polar surface area (TPSA) is 26.3 Å². The number of halogens is 2. The Labute approximate surface area is 89.5 Å². The van der Waals surface area contributed by atoms with Crippen molar-refractivity contribution in [3.63, 3.8) is 0 Å². The molecule has 1 aromatic rings. The lowest BCUT2D eigenvalue weighted by Gasteiger charge is -1.93. The number of carbonyl (C=O) groups excluding carboxylic acids is 1. The average molecular weight is 262 g/mol. The molecule has 4 heteroatoms. The second-order valence-corrected chi connectivity index (χ2v) is 3.35. The highest BCUT2D eigenvalue weighted by molar-refractivity contribution is 9.10. The molecule has 0 spiro atoms. The first-order valence-electron chi connectivity index (χ1n) is 3.48. The molecule has 68 valence electrons. The molecule has 2 nitrogen and oxygen atoms in total. The molecule has 0 unspecified atom stereocenters. The fraction of sp³-hybridized carbons (Fsp3) is 0. The van der Waals surface area contributed by atoms with Crippen molar-refractivity contribution < 1.29 is 9.08 Å².